The third kappa shape index (κ3) is 3.38. The zero-order chi connectivity index (χ0) is 17.2. The Bertz CT molecular complexity index is 858. The molecule has 2 aromatic heterocycles. The second-order valence-electron chi connectivity index (χ2n) is 6.17. The van der Waals surface area contributed by atoms with Crippen molar-refractivity contribution < 1.29 is 14.6 Å². The van der Waals surface area contributed by atoms with Crippen LogP contribution in [0.3, 0.4) is 0 Å². The molecule has 0 spiro atoms. The van der Waals surface area contributed by atoms with Crippen LogP contribution in [0, 0.1) is 5.92 Å². The van der Waals surface area contributed by atoms with Gasteiger partial charge >= 0.3 is 5.97 Å². The fraction of sp³-hybridized carbons (Fsp3) is 0.211. The first-order chi connectivity index (χ1) is 12.2. The molecular weight excluding hydrogens is 318 g/mol. The summed E-state index contributed by atoms with van der Waals surface area (Å²) >= 11 is 0. The van der Waals surface area contributed by atoms with E-state index in [9.17, 15) is 4.79 Å². The second-order valence-corrected chi connectivity index (χ2v) is 6.17. The fourth-order valence-electron chi connectivity index (χ4n) is 2.89. The number of carbonyl (C=O) groups is 1. The molecule has 0 amide bonds. The number of nitrogens with zero attached hydrogens (tertiary/aromatic N) is 2. The average molecular weight is 335 g/mol. The highest BCUT2D eigenvalue weighted by Crippen LogP contribution is 2.47. The minimum atomic E-state index is -0.705. The second kappa shape index (κ2) is 6.39. The molecule has 25 heavy (non-hydrogen) atoms. The Labute approximate surface area is 144 Å². The highest BCUT2D eigenvalue weighted by molar-refractivity contribution is 5.75. The third-order valence-electron chi connectivity index (χ3n) is 4.43. The Morgan fingerprint density at radius 1 is 1.20 bits per heavy atom. The molecule has 6 heteroatoms. The van der Waals surface area contributed by atoms with E-state index in [1.165, 1.54) is 0 Å². The van der Waals surface area contributed by atoms with E-state index in [-0.39, 0.29) is 11.8 Å². The minimum absolute atomic E-state index is 0.159. The SMILES string of the molecule is O=C(O)C1CC1c1ccc(COc2ccc(-c3ccn[nH]3)nc2)cc1. The van der Waals surface area contributed by atoms with Gasteiger partial charge in [0, 0.05) is 6.20 Å². The lowest BCUT2D eigenvalue weighted by Gasteiger charge is -2.07. The van der Waals surface area contributed by atoms with Crippen molar-refractivity contribution in [3.05, 3.63) is 66.0 Å². The zero-order valence-electron chi connectivity index (χ0n) is 13.4. The number of aromatic amines is 1. The van der Waals surface area contributed by atoms with E-state index in [1.54, 1.807) is 12.4 Å². The van der Waals surface area contributed by atoms with Gasteiger partial charge in [0.15, 0.2) is 0 Å². The van der Waals surface area contributed by atoms with Crippen LogP contribution in [0.1, 0.15) is 23.5 Å². The Kier molecular flexibility index (Phi) is 3.93. The first-order valence-electron chi connectivity index (χ1n) is 8.11. The predicted molar refractivity (Wildman–Crippen MR) is 91.1 cm³/mol. The van der Waals surface area contributed by atoms with Gasteiger partial charge in [0.1, 0.15) is 12.4 Å². The van der Waals surface area contributed by atoms with Gasteiger partial charge in [-0.25, -0.2) is 0 Å². The van der Waals surface area contributed by atoms with Crippen molar-refractivity contribution in [2.45, 2.75) is 18.9 Å². The molecule has 1 aromatic carbocycles. The summed E-state index contributed by atoms with van der Waals surface area (Å²) in [6.07, 6.45) is 4.11. The Hall–Kier alpha value is -3.15. The number of aliphatic carboxylic acids is 1. The van der Waals surface area contributed by atoms with E-state index in [2.05, 4.69) is 15.2 Å². The standard InChI is InChI=1S/C19H17N3O3/c23-19(24)16-9-15(16)13-3-1-12(2-4-13)11-25-14-5-6-17(20-10-14)18-7-8-21-22-18/h1-8,10,15-16H,9,11H2,(H,21,22)(H,23,24). The van der Waals surface area contributed by atoms with Crippen LogP contribution >= 0.6 is 0 Å². The van der Waals surface area contributed by atoms with Gasteiger partial charge in [0.25, 0.3) is 0 Å². The third-order valence-corrected chi connectivity index (χ3v) is 4.43. The summed E-state index contributed by atoms with van der Waals surface area (Å²) in [5.74, 6) is -0.0720. The molecule has 4 rings (SSSR count). The van der Waals surface area contributed by atoms with Gasteiger partial charge in [-0.3, -0.25) is 14.9 Å². The van der Waals surface area contributed by atoms with Crippen LogP contribution in [0.5, 0.6) is 5.75 Å². The normalized spacial score (nSPS) is 18.7. The first kappa shape index (κ1) is 15.4. The van der Waals surface area contributed by atoms with Crippen LogP contribution in [0.25, 0.3) is 11.4 Å². The van der Waals surface area contributed by atoms with Crippen LogP contribution < -0.4 is 4.74 Å². The van der Waals surface area contributed by atoms with Gasteiger partial charge in [0.2, 0.25) is 0 Å². The number of benzene rings is 1. The average Bonchev–Trinajstić information content (AvgIpc) is 3.27. The maximum atomic E-state index is 10.9. The quantitative estimate of drug-likeness (QED) is 0.722. The van der Waals surface area contributed by atoms with E-state index in [4.69, 9.17) is 9.84 Å². The molecule has 0 aliphatic heterocycles. The van der Waals surface area contributed by atoms with E-state index in [0.717, 1.165) is 28.9 Å². The summed E-state index contributed by atoms with van der Waals surface area (Å²) in [5, 5.41) is 15.8. The summed E-state index contributed by atoms with van der Waals surface area (Å²) in [6.45, 7) is 0.443. The molecule has 1 fully saturated rings. The van der Waals surface area contributed by atoms with E-state index < -0.39 is 5.97 Å². The van der Waals surface area contributed by atoms with Gasteiger partial charge in [-0.05, 0) is 41.7 Å². The number of hydrogen-bond acceptors (Lipinski definition) is 4. The smallest absolute Gasteiger partial charge is 0.307 e. The number of hydrogen-bond donors (Lipinski definition) is 2. The van der Waals surface area contributed by atoms with Crippen molar-refractivity contribution in [1.82, 2.24) is 15.2 Å². The molecule has 6 nitrogen and oxygen atoms in total. The van der Waals surface area contributed by atoms with Crippen LogP contribution in [0.4, 0.5) is 0 Å². The molecule has 0 bridgehead atoms. The van der Waals surface area contributed by atoms with Gasteiger partial charge in [-0.2, -0.15) is 5.10 Å². The Morgan fingerprint density at radius 2 is 2.04 bits per heavy atom. The van der Waals surface area contributed by atoms with E-state index in [0.29, 0.717) is 12.4 Å². The summed E-state index contributed by atoms with van der Waals surface area (Å²) in [6, 6.07) is 13.6. The van der Waals surface area contributed by atoms with Crippen LogP contribution in [-0.2, 0) is 11.4 Å². The number of nitrogens with one attached hydrogen (secondary N) is 1. The molecule has 2 atom stereocenters. The van der Waals surface area contributed by atoms with Gasteiger partial charge < -0.3 is 9.84 Å². The van der Waals surface area contributed by atoms with Crippen molar-refractivity contribution in [2.24, 2.45) is 5.92 Å². The highest BCUT2D eigenvalue weighted by Gasteiger charge is 2.43. The zero-order valence-corrected chi connectivity index (χ0v) is 13.4. The molecule has 2 heterocycles. The van der Waals surface area contributed by atoms with Crippen molar-refractivity contribution >= 4 is 5.97 Å². The lowest BCUT2D eigenvalue weighted by molar-refractivity contribution is -0.138. The van der Waals surface area contributed by atoms with Crippen molar-refractivity contribution in [3.8, 4) is 17.1 Å². The molecule has 1 aliphatic rings. The molecule has 1 aliphatic carbocycles. The number of pyridine rings is 1. The minimum Gasteiger partial charge on any atom is -0.487 e. The summed E-state index contributed by atoms with van der Waals surface area (Å²) in [5.41, 5.74) is 3.80. The lowest BCUT2D eigenvalue weighted by Crippen LogP contribution is -1.99. The first-order valence-corrected chi connectivity index (χ1v) is 8.11. The molecule has 2 N–H and O–H groups in total. The molecule has 0 radical (unpaired) electrons. The Balaban J connectivity index is 1.34. The number of carboxylic acid groups (broad SMARTS) is 1. The van der Waals surface area contributed by atoms with Gasteiger partial charge in [-0.15, -0.1) is 0 Å². The van der Waals surface area contributed by atoms with Gasteiger partial charge in [-0.1, -0.05) is 24.3 Å². The monoisotopic (exact) mass is 335 g/mol. The van der Waals surface area contributed by atoms with E-state index in [1.807, 2.05) is 42.5 Å². The van der Waals surface area contributed by atoms with Gasteiger partial charge in [0.05, 0.1) is 23.5 Å². The predicted octanol–water partition coefficient (Wildman–Crippen LogP) is 3.24. The Morgan fingerprint density at radius 3 is 2.64 bits per heavy atom. The fourth-order valence-corrected chi connectivity index (χ4v) is 2.89. The van der Waals surface area contributed by atoms with Crippen molar-refractivity contribution in [3.63, 3.8) is 0 Å². The van der Waals surface area contributed by atoms with Crippen LogP contribution in [-0.4, -0.2) is 26.3 Å². The molecule has 1 saturated carbocycles. The number of carboxylic acids is 1. The molecule has 2 unspecified atom stereocenters. The number of rotatable bonds is 6. The maximum absolute atomic E-state index is 10.9. The topological polar surface area (TPSA) is 88.1 Å². The number of aromatic nitrogens is 3. The van der Waals surface area contributed by atoms with Crippen molar-refractivity contribution in [2.75, 3.05) is 0 Å². The van der Waals surface area contributed by atoms with Crippen LogP contribution in [0.15, 0.2) is 54.9 Å². The lowest BCUT2D eigenvalue weighted by atomic mass is 10.1. The summed E-state index contributed by atoms with van der Waals surface area (Å²) in [4.78, 5) is 15.3. The highest BCUT2D eigenvalue weighted by atomic mass is 16.5. The van der Waals surface area contributed by atoms with E-state index >= 15 is 0 Å². The molecule has 0 saturated heterocycles. The largest absolute Gasteiger partial charge is 0.487 e. The summed E-state index contributed by atoms with van der Waals surface area (Å²) < 4.78 is 5.76. The number of H-pyrrole nitrogens is 1. The van der Waals surface area contributed by atoms with Crippen LogP contribution in [0.2, 0.25) is 0 Å². The molecular formula is C19H17N3O3. The van der Waals surface area contributed by atoms with Crippen molar-refractivity contribution in [1.29, 1.82) is 0 Å². The summed E-state index contributed by atoms with van der Waals surface area (Å²) in [7, 11) is 0. The molecule has 3 aromatic rings. The number of ether oxygens (including phenoxy) is 1. The maximum Gasteiger partial charge on any atom is 0.307 e. The molecule has 126 valence electrons.